The van der Waals surface area contributed by atoms with Gasteiger partial charge in [0.15, 0.2) is 5.82 Å². The number of ether oxygens (including phenoxy) is 2. The summed E-state index contributed by atoms with van der Waals surface area (Å²) in [4.78, 5) is 6.43. The molecule has 1 aliphatic rings. The third-order valence-corrected chi connectivity index (χ3v) is 5.27. The summed E-state index contributed by atoms with van der Waals surface area (Å²) < 4.78 is 13.7. The summed E-state index contributed by atoms with van der Waals surface area (Å²) >= 11 is 6.16. The van der Waals surface area contributed by atoms with Crippen LogP contribution in [-0.4, -0.2) is 42.5 Å². The molecule has 2 aromatic carbocycles. The first-order valence-electron chi connectivity index (χ1n) is 9.54. The molecule has 5 nitrogen and oxygen atoms in total. The monoisotopic (exact) mass is 386 g/mol. The Morgan fingerprint density at radius 3 is 2.70 bits per heavy atom. The molecule has 142 valence electrons. The fourth-order valence-corrected chi connectivity index (χ4v) is 3.73. The van der Waals surface area contributed by atoms with Crippen LogP contribution in [0.5, 0.6) is 5.75 Å². The van der Waals surface area contributed by atoms with Crippen molar-refractivity contribution in [2.24, 2.45) is 0 Å². The average Bonchev–Trinajstić information content (AvgIpc) is 3.04. The van der Waals surface area contributed by atoms with Gasteiger partial charge in [-0.25, -0.2) is 4.98 Å². The summed E-state index contributed by atoms with van der Waals surface area (Å²) in [7, 11) is 0. The number of aryl methyl sites for hydroxylation is 1. The number of quaternary nitrogens is 1. The summed E-state index contributed by atoms with van der Waals surface area (Å²) in [5, 5.41) is 0.655. The zero-order chi connectivity index (χ0) is 18.5. The van der Waals surface area contributed by atoms with Gasteiger partial charge in [0.2, 0.25) is 0 Å². The minimum Gasteiger partial charge on any atom is -0.492 e. The summed E-state index contributed by atoms with van der Waals surface area (Å²) in [6, 6.07) is 16.0. The molecule has 0 unspecified atom stereocenters. The number of fused-ring (bicyclic) bond motifs is 1. The lowest BCUT2D eigenvalue weighted by Gasteiger charge is -2.23. The highest BCUT2D eigenvalue weighted by Gasteiger charge is 2.19. The lowest BCUT2D eigenvalue weighted by Crippen LogP contribution is -3.12. The molecular formula is C21H25ClN3O2+. The standard InChI is InChI=1S/C21H24ClN3O2/c22-17-6-1-4-9-20(17)27-13-5-10-25-19-8-3-2-7-18(19)23-21(25)16-24-11-14-26-15-12-24/h1-4,6-9H,5,10-16H2/p+1. The number of benzene rings is 2. The number of para-hydroxylation sites is 3. The molecule has 1 N–H and O–H groups in total. The number of morpholine rings is 1. The van der Waals surface area contributed by atoms with Crippen molar-refractivity contribution in [2.45, 2.75) is 19.5 Å². The Labute approximate surface area is 164 Å². The molecular weight excluding hydrogens is 362 g/mol. The van der Waals surface area contributed by atoms with E-state index in [0.29, 0.717) is 11.6 Å². The van der Waals surface area contributed by atoms with Crippen molar-refractivity contribution in [3.8, 4) is 5.75 Å². The Morgan fingerprint density at radius 2 is 1.85 bits per heavy atom. The Kier molecular flexibility index (Phi) is 5.92. The molecule has 0 radical (unpaired) electrons. The van der Waals surface area contributed by atoms with Crippen LogP contribution in [0.2, 0.25) is 5.02 Å². The first kappa shape index (κ1) is 18.3. The van der Waals surface area contributed by atoms with Gasteiger partial charge in [0, 0.05) is 6.54 Å². The van der Waals surface area contributed by atoms with Crippen molar-refractivity contribution in [1.82, 2.24) is 9.55 Å². The Balaban J connectivity index is 1.44. The number of nitrogens with one attached hydrogen (secondary N) is 1. The molecule has 27 heavy (non-hydrogen) atoms. The van der Waals surface area contributed by atoms with E-state index in [0.717, 1.165) is 62.9 Å². The van der Waals surface area contributed by atoms with Gasteiger partial charge in [0.1, 0.15) is 25.4 Å². The number of rotatable bonds is 7. The number of halogens is 1. The van der Waals surface area contributed by atoms with Crippen molar-refractivity contribution >= 4 is 22.6 Å². The Bertz CT molecular complexity index is 890. The van der Waals surface area contributed by atoms with E-state index in [-0.39, 0.29) is 0 Å². The van der Waals surface area contributed by atoms with E-state index < -0.39 is 0 Å². The van der Waals surface area contributed by atoms with Gasteiger partial charge in [-0.1, -0.05) is 35.9 Å². The lowest BCUT2D eigenvalue weighted by molar-refractivity contribution is -0.922. The zero-order valence-electron chi connectivity index (χ0n) is 15.4. The van der Waals surface area contributed by atoms with Gasteiger partial charge in [-0.2, -0.15) is 0 Å². The lowest BCUT2D eigenvalue weighted by atomic mass is 10.3. The van der Waals surface area contributed by atoms with E-state index in [9.17, 15) is 0 Å². The molecule has 2 heterocycles. The molecule has 3 aromatic rings. The first-order valence-corrected chi connectivity index (χ1v) is 9.92. The Morgan fingerprint density at radius 1 is 1.07 bits per heavy atom. The van der Waals surface area contributed by atoms with Crippen LogP contribution in [0, 0.1) is 0 Å². The van der Waals surface area contributed by atoms with E-state index in [2.05, 4.69) is 22.8 Å². The highest BCUT2D eigenvalue weighted by atomic mass is 35.5. The van der Waals surface area contributed by atoms with Gasteiger partial charge in [-0.3, -0.25) is 0 Å². The van der Waals surface area contributed by atoms with E-state index in [4.69, 9.17) is 26.1 Å². The fourth-order valence-electron chi connectivity index (χ4n) is 3.54. The molecule has 0 amide bonds. The zero-order valence-corrected chi connectivity index (χ0v) is 16.1. The van der Waals surface area contributed by atoms with Gasteiger partial charge >= 0.3 is 0 Å². The largest absolute Gasteiger partial charge is 0.492 e. The van der Waals surface area contributed by atoms with Crippen LogP contribution in [-0.2, 0) is 17.8 Å². The van der Waals surface area contributed by atoms with Crippen LogP contribution in [0.25, 0.3) is 11.0 Å². The maximum Gasteiger partial charge on any atom is 0.165 e. The topological polar surface area (TPSA) is 40.7 Å². The molecule has 0 atom stereocenters. The normalized spacial score (nSPS) is 15.3. The number of nitrogens with zero attached hydrogens (tertiary/aromatic N) is 2. The van der Waals surface area contributed by atoms with Crippen LogP contribution in [0.3, 0.4) is 0 Å². The van der Waals surface area contributed by atoms with Crippen molar-refractivity contribution in [3.63, 3.8) is 0 Å². The van der Waals surface area contributed by atoms with E-state index in [1.165, 1.54) is 10.4 Å². The van der Waals surface area contributed by atoms with Gasteiger partial charge in [0.05, 0.1) is 35.9 Å². The highest BCUT2D eigenvalue weighted by Crippen LogP contribution is 2.23. The summed E-state index contributed by atoms with van der Waals surface area (Å²) in [5.74, 6) is 1.89. The molecule has 0 spiro atoms. The maximum absolute atomic E-state index is 6.16. The number of aromatic nitrogens is 2. The van der Waals surface area contributed by atoms with E-state index in [1.807, 2.05) is 30.3 Å². The minimum absolute atomic E-state index is 0.625. The molecule has 1 aromatic heterocycles. The quantitative estimate of drug-likeness (QED) is 0.634. The summed E-state index contributed by atoms with van der Waals surface area (Å²) in [6.07, 6.45) is 0.900. The van der Waals surface area contributed by atoms with Gasteiger partial charge < -0.3 is 18.9 Å². The number of hydrogen-bond donors (Lipinski definition) is 1. The van der Waals surface area contributed by atoms with Crippen molar-refractivity contribution in [2.75, 3.05) is 32.9 Å². The third-order valence-electron chi connectivity index (χ3n) is 4.96. The SMILES string of the molecule is Clc1ccccc1OCCCn1c(C[NH+]2CCOCC2)nc2ccccc21. The molecule has 1 aliphatic heterocycles. The molecule has 6 heteroatoms. The van der Waals surface area contributed by atoms with Crippen LogP contribution in [0.15, 0.2) is 48.5 Å². The van der Waals surface area contributed by atoms with Crippen LogP contribution >= 0.6 is 11.6 Å². The molecule has 0 bridgehead atoms. The van der Waals surface area contributed by atoms with Gasteiger partial charge in [-0.15, -0.1) is 0 Å². The minimum atomic E-state index is 0.625. The smallest absolute Gasteiger partial charge is 0.165 e. The van der Waals surface area contributed by atoms with Crippen LogP contribution < -0.4 is 9.64 Å². The van der Waals surface area contributed by atoms with Crippen molar-refractivity contribution < 1.29 is 14.4 Å². The van der Waals surface area contributed by atoms with Crippen LogP contribution in [0.1, 0.15) is 12.2 Å². The van der Waals surface area contributed by atoms with Gasteiger partial charge in [-0.05, 0) is 30.7 Å². The van der Waals surface area contributed by atoms with E-state index >= 15 is 0 Å². The second-order valence-electron chi connectivity index (χ2n) is 6.84. The number of imidazole rings is 1. The predicted molar refractivity (Wildman–Crippen MR) is 107 cm³/mol. The summed E-state index contributed by atoms with van der Waals surface area (Å²) in [6.45, 7) is 6.19. The third kappa shape index (κ3) is 4.43. The van der Waals surface area contributed by atoms with Gasteiger partial charge in [0.25, 0.3) is 0 Å². The molecule has 1 saturated heterocycles. The predicted octanol–water partition coefficient (Wildman–Crippen LogP) is 2.57. The molecule has 0 saturated carbocycles. The first-order chi connectivity index (χ1) is 13.3. The second-order valence-corrected chi connectivity index (χ2v) is 7.25. The second kappa shape index (κ2) is 8.74. The molecule has 0 aliphatic carbocycles. The summed E-state index contributed by atoms with van der Waals surface area (Å²) in [5.41, 5.74) is 2.25. The average molecular weight is 387 g/mol. The molecule has 4 rings (SSSR count). The van der Waals surface area contributed by atoms with Crippen molar-refractivity contribution in [3.05, 3.63) is 59.4 Å². The fraction of sp³-hybridized carbons (Fsp3) is 0.381. The maximum atomic E-state index is 6.16. The van der Waals surface area contributed by atoms with E-state index in [1.54, 1.807) is 0 Å². The van der Waals surface area contributed by atoms with Crippen LogP contribution in [0.4, 0.5) is 0 Å². The highest BCUT2D eigenvalue weighted by molar-refractivity contribution is 6.32. The molecule has 1 fully saturated rings. The Hall–Kier alpha value is -2.08. The van der Waals surface area contributed by atoms with Crippen molar-refractivity contribution in [1.29, 1.82) is 0 Å². The number of hydrogen-bond acceptors (Lipinski definition) is 3.